The fraction of sp³-hybridized carbons (Fsp3) is 0.364. The molecule has 35 heavy (non-hydrogen) atoms. The van der Waals surface area contributed by atoms with E-state index >= 15 is 0 Å². The third-order valence-corrected chi connectivity index (χ3v) is 5.61. The Balaban J connectivity index is 1.41. The zero-order valence-corrected chi connectivity index (χ0v) is 19.4. The molecule has 9 nitrogen and oxygen atoms in total. The second-order valence-electron chi connectivity index (χ2n) is 7.99. The number of amides is 3. The van der Waals surface area contributed by atoms with E-state index in [1.165, 1.54) is 24.3 Å². The Morgan fingerprint density at radius 3 is 2.03 bits per heavy atom. The number of carbonyl (C=O) groups is 2. The number of urea groups is 1. The molecule has 13 heteroatoms. The summed E-state index contributed by atoms with van der Waals surface area (Å²) in [6.45, 7) is 0. The van der Waals surface area contributed by atoms with E-state index in [1.807, 2.05) is 4.72 Å². The molecule has 1 aliphatic carbocycles. The van der Waals surface area contributed by atoms with E-state index in [2.05, 4.69) is 15.4 Å². The maximum Gasteiger partial charge on any atom is 0.573 e. The second kappa shape index (κ2) is 10.8. The van der Waals surface area contributed by atoms with Gasteiger partial charge >= 0.3 is 12.4 Å². The smallest absolute Gasteiger partial charge is 0.490 e. The van der Waals surface area contributed by atoms with E-state index < -0.39 is 28.3 Å². The average molecular weight is 516 g/mol. The number of carbonyl (C=O) groups excluding carboxylic acids is 2. The Labute approximate surface area is 200 Å². The van der Waals surface area contributed by atoms with Crippen LogP contribution in [0.3, 0.4) is 0 Å². The summed E-state index contributed by atoms with van der Waals surface area (Å²) in [7, 11) is -3.65. The van der Waals surface area contributed by atoms with Gasteiger partial charge in [0.05, 0.1) is 12.4 Å². The first-order chi connectivity index (χ1) is 16.4. The van der Waals surface area contributed by atoms with Crippen LogP contribution in [0.5, 0.6) is 11.5 Å². The number of hydrogen-bond acceptors (Lipinski definition) is 6. The Hall–Kier alpha value is -3.48. The monoisotopic (exact) mass is 515 g/mol. The molecule has 3 amide bonds. The quantitative estimate of drug-likeness (QED) is 0.516. The predicted octanol–water partition coefficient (Wildman–Crippen LogP) is 3.79. The van der Waals surface area contributed by atoms with Crippen LogP contribution in [0.25, 0.3) is 0 Å². The highest BCUT2D eigenvalue weighted by molar-refractivity contribution is 7.89. The molecule has 0 aliphatic heterocycles. The fourth-order valence-electron chi connectivity index (χ4n) is 3.52. The summed E-state index contributed by atoms with van der Waals surface area (Å²) in [4.78, 5) is 24.1. The molecule has 0 unspecified atom stereocenters. The summed E-state index contributed by atoms with van der Waals surface area (Å²) in [5.41, 5.74) is 0.506. The molecule has 0 bridgehead atoms. The van der Waals surface area contributed by atoms with E-state index in [9.17, 15) is 31.2 Å². The van der Waals surface area contributed by atoms with Gasteiger partial charge in [-0.25, -0.2) is 17.9 Å². The van der Waals surface area contributed by atoms with Crippen molar-refractivity contribution in [3.63, 3.8) is 0 Å². The lowest BCUT2D eigenvalue weighted by molar-refractivity contribution is -0.274. The van der Waals surface area contributed by atoms with Gasteiger partial charge in [0.25, 0.3) is 5.91 Å². The van der Waals surface area contributed by atoms with Gasteiger partial charge in [0, 0.05) is 17.3 Å². The molecule has 0 aromatic heterocycles. The molecule has 3 rings (SSSR count). The highest BCUT2D eigenvalue weighted by atomic mass is 32.2. The summed E-state index contributed by atoms with van der Waals surface area (Å²) in [6, 6.07) is 10.4. The van der Waals surface area contributed by atoms with Crippen LogP contribution >= 0.6 is 0 Å². The third-order valence-electron chi connectivity index (χ3n) is 5.05. The van der Waals surface area contributed by atoms with Gasteiger partial charge in [-0.15, -0.1) is 13.2 Å². The molecule has 0 spiro atoms. The van der Waals surface area contributed by atoms with Crippen LogP contribution in [0.4, 0.5) is 23.7 Å². The van der Waals surface area contributed by atoms with Crippen molar-refractivity contribution in [2.75, 3.05) is 11.6 Å². The van der Waals surface area contributed by atoms with Crippen molar-refractivity contribution in [2.24, 2.45) is 0 Å². The van der Waals surface area contributed by atoms with Gasteiger partial charge in [0.1, 0.15) is 11.5 Å². The topological polar surface area (TPSA) is 123 Å². The minimum absolute atomic E-state index is 0.0898. The molecule has 1 fully saturated rings. The Kier molecular flexibility index (Phi) is 8.10. The molecule has 3 N–H and O–H groups in total. The molecule has 0 radical (unpaired) electrons. The first kappa shape index (κ1) is 26.1. The Morgan fingerprint density at radius 1 is 0.914 bits per heavy atom. The summed E-state index contributed by atoms with van der Waals surface area (Å²) in [5, 5.41) is 5.40. The fourth-order valence-corrected chi connectivity index (χ4v) is 3.98. The molecule has 0 atom stereocenters. The lowest BCUT2D eigenvalue weighted by Gasteiger charge is -2.29. The molecule has 1 saturated carbocycles. The van der Waals surface area contributed by atoms with Crippen molar-refractivity contribution in [1.29, 1.82) is 0 Å². The number of halogens is 3. The zero-order valence-electron chi connectivity index (χ0n) is 18.6. The number of nitrogens with one attached hydrogen (secondary N) is 3. The molecule has 2 aromatic carbocycles. The van der Waals surface area contributed by atoms with Crippen LogP contribution < -0.4 is 24.8 Å². The highest BCUT2D eigenvalue weighted by Crippen LogP contribution is 2.26. The predicted molar refractivity (Wildman–Crippen MR) is 121 cm³/mol. The van der Waals surface area contributed by atoms with Gasteiger partial charge in [0.2, 0.25) is 10.0 Å². The number of anilines is 1. The van der Waals surface area contributed by atoms with Crippen molar-refractivity contribution in [3.05, 3.63) is 54.1 Å². The molecule has 0 heterocycles. The number of ether oxygens (including phenoxy) is 2. The van der Waals surface area contributed by atoms with Gasteiger partial charge in [0.15, 0.2) is 0 Å². The van der Waals surface area contributed by atoms with Gasteiger partial charge in [-0.2, -0.15) is 0 Å². The lowest BCUT2D eigenvalue weighted by Crippen LogP contribution is -2.41. The van der Waals surface area contributed by atoms with Crippen molar-refractivity contribution in [1.82, 2.24) is 10.0 Å². The lowest BCUT2D eigenvalue weighted by atomic mass is 9.93. The number of sulfonamides is 1. The molecule has 190 valence electrons. The molecule has 1 aliphatic rings. The van der Waals surface area contributed by atoms with Crippen molar-refractivity contribution in [3.8, 4) is 11.5 Å². The van der Waals surface area contributed by atoms with E-state index in [4.69, 9.17) is 4.74 Å². The molecule has 2 aromatic rings. The molecular weight excluding hydrogens is 491 g/mol. The van der Waals surface area contributed by atoms with E-state index in [0.717, 1.165) is 18.4 Å². The normalized spacial score (nSPS) is 18.3. The number of benzene rings is 2. The average Bonchev–Trinajstić information content (AvgIpc) is 2.75. The van der Waals surface area contributed by atoms with E-state index in [-0.39, 0.29) is 23.5 Å². The zero-order chi connectivity index (χ0) is 25.6. The summed E-state index contributed by atoms with van der Waals surface area (Å²) < 4.78 is 70.5. The summed E-state index contributed by atoms with van der Waals surface area (Å²) in [5.74, 6) is -0.573. The Morgan fingerprint density at radius 2 is 1.49 bits per heavy atom. The highest BCUT2D eigenvalue weighted by Gasteiger charge is 2.31. The number of rotatable bonds is 7. The van der Waals surface area contributed by atoms with Crippen LogP contribution in [0, 0.1) is 0 Å². The minimum atomic E-state index is -4.78. The molecular formula is C22H24F3N3O6S. The van der Waals surface area contributed by atoms with E-state index in [1.54, 1.807) is 12.1 Å². The van der Waals surface area contributed by atoms with Crippen molar-refractivity contribution < 1.29 is 40.7 Å². The maximum absolute atomic E-state index is 12.2. The van der Waals surface area contributed by atoms with Crippen molar-refractivity contribution in [2.45, 2.75) is 44.2 Å². The van der Waals surface area contributed by atoms with Crippen LogP contribution in [0.1, 0.15) is 36.0 Å². The number of hydrogen-bond donors (Lipinski definition) is 3. The first-order valence-corrected chi connectivity index (χ1v) is 12.5. The van der Waals surface area contributed by atoms with Gasteiger partial charge in [-0.1, -0.05) is 0 Å². The Bertz CT molecular complexity index is 1130. The van der Waals surface area contributed by atoms with Gasteiger partial charge in [-0.05, 0) is 74.2 Å². The van der Waals surface area contributed by atoms with Gasteiger partial charge in [-0.3, -0.25) is 4.79 Å². The first-order valence-electron chi connectivity index (χ1n) is 10.6. The maximum atomic E-state index is 12.2. The molecule has 0 saturated heterocycles. The number of alkyl halides is 3. The van der Waals surface area contributed by atoms with Crippen LogP contribution in [-0.2, 0) is 10.0 Å². The largest absolute Gasteiger partial charge is 0.573 e. The van der Waals surface area contributed by atoms with Crippen LogP contribution in [0.15, 0.2) is 48.5 Å². The van der Waals surface area contributed by atoms with Crippen LogP contribution in [0.2, 0.25) is 0 Å². The van der Waals surface area contributed by atoms with Crippen LogP contribution in [-0.4, -0.2) is 45.1 Å². The van der Waals surface area contributed by atoms with E-state index in [0.29, 0.717) is 37.1 Å². The SMILES string of the molecule is CS(=O)(=O)NC(=O)c1ccc(O[C@H]2CC[C@H](NC(=O)Nc3ccc(OC(F)(F)F)cc3)CC2)cc1. The minimum Gasteiger partial charge on any atom is -0.490 e. The summed E-state index contributed by atoms with van der Waals surface area (Å²) >= 11 is 0. The van der Waals surface area contributed by atoms with Crippen molar-refractivity contribution >= 4 is 27.6 Å². The third kappa shape index (κ3) is 9.00. The summed E-state index contributed by atoms with van der Waals surface area (Å²) in [6.07, 6.45) is -1.32. The standard InChI is InChI=1S/C22H24F3N3O6S/c1-35(31,32)28-20(29)14-2-8-17(9-3-14)33-18-10-4-15(5-11-18)26-21(30)27-16-6-12-19(13-7-16)34-22(23,24)25/h2-3,6-9,12-13,15,18H,4-5,10-11H2,1H3,(H,28,29)(H2,26,27,30)/t15-,18-. The second-order valence-corrected chi connectivity index (χ2v) is 9.74. The van der Waals surface area contributed by atoms with Gasteiger partial charge < -0.3 is 20.1 Å².